The first kappa shape index (κ1) is 38.7. The van der Waals surface area contributed by atoms with Gasteiger partial charge in [0.2, 0.25) is 11.6 Å². The molecule has 2 aromatic carbocycles. The lowest BCUT2D eigenvalue weighted by Gasteiger charge is -2.41. The first-order valence-corrected chi connectivity index (χ1v) is 17.4. The van der Waals surface area contributed by atoms with Crippen LogP contribution in [0.25, 0.3) is 0 Å². The molecule has 2 heterocycles. The summed E-state index contributed by atoms with van der Waals surface area (Å²) in [5.41, 5.74) is -3.55. The fourth-order valence-corrected chi connectivity index (χ4v) is 6.10. The Kier molecular flexibility index (Phi) is 12.6. The summed E-state index contributed by atoms with van der Waals surface area (Å²) in [4.78, 5) is 53.9. The number of carbonyl (C=O) groups excluding carboxylic acids is 4. The largest absolute Gasteiger partial charge is 0.444 e. The molecule has 2 amide bonds. The summed E-state index contributed by atoms with van der Waals surface area (Å²) in [5.74, 6) is -0.717. The summed E-state index contributed by atoms with van der Waals surface area (Å²) < 4.78 is 12.5. The van der Waals surface area contributed by atoms with Crippen molar-refractivity contribution in [3.8, 4) is 12.1 Å². The molecule has 48 heavy (non-hydrogen) atoms. The summed E-state index contributed by atoms with van der Waals surface area (Å²) in [6.45, 7) is 11.3. The highest BCUT2D eigenvalue weighted by Crippen LogP contribution is 2.34. The molecule has 4 rings (SSSR count). The molecule has 0 radical (unpaired) electrons. The molecule has 2 atom stereocenters. The third-order valence-electron chi connectivity index (χ3n) is 7.82. The van der Waals surface area contributed by atoms with Gasteiger partial charge in [-0.3, -0.25) is 19.4 Å². The van der Waals surface area contributed by atoms with Crippen molar-refractivity contribution in [1.29, 1.82) is 10.5 Å². The van der Waals surface area contributed by atoms with Gasteiger partial charge in [-0.2, -0.15) is 10.5 Å². The van der Waals surface area contributed by atoms with Gasteiger partial charge in [0.15, 0.2) is 11.1 Å². The number of piperidine rings is 2. The van der Waals surface area contributed by atoms with Gasteiger partial charge in [-0.25, -0.2) is 9.59 Å². The lowest BCUT2D eigenvalue weighted by molar-refractivity contribution is -0.000593. The molecule has 0 aromatic heterocycles. The zero-order chi connectivity index (χ0) is 35.9. The number of ketones is 2. The molecular formula is C36H42Br2N4O6. The number of carbonyl (C=O) groups is 4. The van der Waals surface area contributed by atoms with Gasteiger partial charge < -0.3 is 9.47 Å². The number of nitrogens with zero attached hydrogens (tertiary/aromatic N) is 4. The number of amides is 2. The molecule has 0 bridgehead atoms. The molecule has 10 nitrogen and oxygen atoms in total. The van der Waals surface area contributed by atoms with Crippen LogP contribution in [0.1, 0.15) is 101 Å². The van der Waals surface area contributed by atoms with E-state index in [1.807, 2.05) is 0 Å². The molecule has 2 aliphatic heterocycles. The first-order valence-electron chi connectivity index (χ1n) is 15.8. The number of rotatable bonds is 4. The number of hydrogen-bond donors (Lipinski definition) is 0. The molecule has 0 aliphatic carbocycles. The van der Waals surface area contributed by atoms with Crippen molar-refractivity contribution in [3.63, 3.8) is 0 Å². The number of Topliss-reactive ketones (excluding diaryl/α,β-unsaturated/α-hetero) is 2. The third kappa shape index (κ3) is 9.24. The van der Waals surface area contributed by atoms with Crippen LogP contribution < -0.4 is 0 Å². The Bertz CT molecular complexity index is 1470. The topological polar surface area (TPSA) is 141 Å². The summed E-state index contributed by atoms with van der Waals surface area (Å²) in [7, 11) is 0. The predicted octanol–water partition coefficient (Wildman–Crippen LogP) is 8.63. The Morgan fingerprint density at radius 3 is 1.21 bits per heavy atom. The molecule has 12 heteroatoms. The molecule has 2 aromatic rings. The van der Waals surface area contributed by atoms with E-state index in [-0.39, 0.29) is 11.6 Å². The van der Waals surface area contributed by atoms with Crippen molar-refractivity contribution in [3.05, 3.63) is 68.6 Å². The van der Waals surface area contributed by atoms with Crippen molar-refractivity contribution < 1.29 is 28.7 Å². The SMILES string of the molecule is CC(C)(C)OC(=O)N1CCCC[C@]1(C#N)C(=O)c1ccc(Br)cc1.CC(C)(C)OC(=O)N1CCCC[C@]1(C#N)C(=O)c1ccc(Br)cc1. The Morgan fingerprint density at radius 1 is 0.625 bits per heavy atom. The molecule has 256 valence electrons. The van der Waals surface area contributed by atoms with Crippen LogP contribution in [0.3, 0.4) is 0 Å². The third-order valence-corrected chi connectivity index (χ3v) is 8.88. The minimum absolute atomic E-state index is 0.317. The fourth-order valence-electron chi connectivity index (χ4n) is 5.57. The lowest BCUT2D eigenvalue weighted by atomic mass is 9.81. The average molecular weight is 787 g/mol. The van der Waals surface area contributed by atoms with E-state index in [9.17, 15) is 29.7 Å². The van der Waals surface area contributed by atoms with E-state index in [1.165, 1.54) is 9.80 Å². The smallest absolute Gasteiger partial charge is 0.411 e. The lowest BCUT2D eigenvalue weighted by Crippen LogP contribution is -2.59. The number of likely N-dealkylation sites (tertiary alicyclic amines) is 2. The molecule has 0 saturated carbocycles. The summed E-state index contributed by atoms with van der Waals surface area (Å²) in [6, 6.07) is 17.9. The van der Waals surface area contributed by atoms with Gasteiger partial charge in [-0.15, -0.1) is 0 Å². The second-order valence-electron chi connectivity index (χ2n) is 13.8. The maximum Gasteiger partial charge on any atom is 0.411 e. The number of nitriles is 2. The normalized spacial score (nSPS) is 21.0. The first-order chi connectivity index (χ1) is 22.4. The Balaban J connectivity index is 0.000000260. The van der Waals surface area contributed by atoms with E-state index in [0.29, 0.717) is 37.1 Å². The summed E-state index contributed by atoms with van der Waals surface area (Å²) >= 11 is 6.66. The highest BCUT2D eigenvalue weighted by molar-refractivity contribution is 9.10. The standard InChI is InChI=1S/2C18H21BrN2O3/c2*1-17(2,3)24-16(23)21-11-5-4-10-18(21,12-20)15(22)13-6-8-14(19)9-7-13/h2*6-9H,4-5,10-11H2,1-3H3/t2*18-/m00/s1. The van der Waals surface area contributed by atoms with Crippen LogP contribution >= 0.6 is 31.9 Å². The minimum atomic E-state index is -1.51. The maximum absolute atomic E-state index is 13.1. The molecule has 2 saturated heterocycles. The highest BCUT2D eigenvalue weighted by Gasteiger charge is 2.51. The zero-order valence-corrected chi connectivity index (χ0v) is 31.4. The number of ether oxygens (including phenoxy) is 2. The van der Waals surface area contributed by atoms with Crippen LogP contribution in [0, 0.1) is 22.7 Å². The van der Waals surface area contributed by atoms with Gasteiger partial charge in [0.1, 0.15) is 11.2 Å². The molecule has 0 spiro atoms. The molecule has 0 N–H and O–H groups in total. The van der Waals surface area contributed by atoms with Gasteiger partial charge in [0.05, 0.1) is 12.1 Å². The van der Waals surface area contributed by atoms with Crippen molar-refractivity contribution in [2.75, 3.05) is 13.1 Å². The van der Waals surface area contributed by atoms with E-state index in [4.69, 9.17) is 9.47 Å². The average Bonchev–Trinajstić information content (AvgIpc) is 3.03. The summed E-state index contributed by atoms with van der Waals surface area (Å²) in [5, 5.41) is 19.6. The van der Waals surface area contributed by atoms with Crippen molar-refractivity contribution in [2.45, 2.75) is 102 Å². The van der Waals surface area contributed by atoms with E-state index in [2.05, 4.69) is 44.0 Å². The van der Waals surface area contributed by atoms with Crippen LogP contribution in [-0.2, 0) is 9.47 Å². The Morgan fingerprint density at radius 2 is 0.938 bits per heavy atom. The van der Waals surface area contributed by atoms with Crippen molar-refractivity contribution in [2.24, 2.45) is 0 Å². The molecular weight excluding hydrogens is 744 g/mol. The second kappa shape index (κ2) is 15.7. The van der Waals surface area contributed by atoms with Crippen LogP contribution in [0.5, 0.6) is 0 Å². The van der Waals surface area contributed by atoms with Crippen molar-refractivity contribution >= 4 is 55.6 Å². The van der Waals surface area contributed by atoms with Gasteiger partial charge in [-0.05, 0) is 104 Å². The summed E-state index contributed by atoms with van der Waals surface area (Å²) in [6.07, 6.45) is 2.33. The fraction of sp³-hybridized carbons (Fsp3) is 0.500. The monoisotopic (exact) mass is 784 g/mol. The number of halogens is 2. The maximum atomic E-state index is 13.1. The van der Waals surface area contributed by atoms with Gasteiger partial charge in [-0.1, -0.05) is 56.1 Å². The van der Waals surface area contributed by atoms with E-state index in [1.54, 1.807) is 90.1 Å². The minimum Gasteiger partial charge on any atom is -0.444 e. The Hall–Kier alpha value is -3.74. The Labute approximate surface area is 299 Å². The predicted molar refractivity (Wildman–Crippen MR) is 187 cm³/mol. The second-order valence-corrected chi connectivity index (χ2v) is 15.6. The van der Waals surface area contributed by atoms with E-state index < -0.39 is 34.5 Å². The van der Waals surface area contributed by atoms with Gasteiger partial charge in [0, 0.05) is 33.2 Å². The van der Waals surface area contributed by atoms with Crippen molar-refractivity contribution in [1.82, 2.24) is 9.80 Å². The van der Waals surface area contributed by atoms with Crippen LogP contribution in [0.15, 0.2) is 57.5 Å². The van der Waals surface area contributed by atoms with Crippen LogP contribution in [-0.4, -0.2) is 68.9 Å². The zero-order valence-electron chi connectivity index (χ0n) is 28.3. The molecule has 2 fully saturated rings. The van der Waals surface area contributed by atoms with Gasteiger partial charge in [0.25, 0.3) is 0 Å². The highest BCUT2D eigenvalue weighted by atomic mass is 79.9. The van der Waals surface area contributed by atoms with Gasteiger partial charge >= 0.3 is 12.2 Å². The van der Waals surface area contributed by atoms with E-state index >= 15 is 0 Å². The van der Waals surface area contributed by atoms with Crippen LogP contribution in [0.2, 0.25) is 0 Å². The molecule has 0 unspecified atom stereocenters. The van der Waals surface area contributed by atoms with Crippen LogP contribution in [0.4, 0.5) is 9.59 Å². The van der Waals surface area contributed by atoms with E-state index in [0.717, 1.165) is 34.6 Å². The molecule has 2 aliphatic rings. The quantitative estimate of drug-likeness (QED) is 0.281. The number of benzene rings is 2. The number of hydrogen-bond acceptors (Lipinski definition) is 8.